The number of aryl methyl sites for hydroxylation is 2. The molecule has 0 atom stereocenters. The third-order valence-electron chi connectivity index (χ3n) is 4.06. The number of halogens is 1. The Bertz CT molecular complexity index is 729. The van der Waals surface area contributed by atoms with Gasteiger partial charge in [0, 0.05) is 26.2 Å². The van der Waals surface area contributed by atoms with Gasteiger partial charge in [-0.15, -0.1) is 24.0 Å². The van der Waals surface area contributed by atoms with Crippen molar-refractivity contribution in [2.75, 3.05) is 13.7 Å². The maximum atomic E-state index is 6.01. The molecule has 0 unspecified atom stereocenters. The summed E-state index contributed by atoms with van der Waals surface area (Å²) >= 11 is 0. The first-order chi connectivity index (χ1) is 12.5. The van der Waals surface area contributed by atoms with E-state index in [-0.39, 0.29) is 24.0 Å². The zero-order valence-electron chi connectivity index (χ0n) is 16.8. The minimum Gasteiger partial charge on any atom is -0.493 e. The molecule has 0 saturated heterocycles. The summed E-state index contributed by atoms with van der Waals surface area (Å²) in [4.78, 5) is 8.46. The minimum atomic E-state index is 0. The second kappa shape index (κ2) is 11.8. The SMILES string of the molecule is CN=C(NCc1ccc(C)cc1OCCC(C)C)NCc1ncnn1C.I. The van der Waals surface area contributed by atoms with Crippen molar-refractivity contribution in [1.29, 1.82) is 0 Å². The Morgan fingerprint density at radius 1 is 1.26 bits per heavy atom. The van der Waals surface area contributed by atoms with E-state index in [9.17, 15) is 0 Å². The Hall–Kier alpha value is -1.84. The standard InChI is InChI=1S/C19H30N6O.HI/c1-14(2)8-9-26-17-10-15(3)6-7-16(17)11-21-19(20-4)22-12-18-23-13-24-25(18)5;/h6-7,10,13-14H,8-9,11-12H2,1-5H3,(H2,20,21,22);1H. The largest absolute Gasteiger partial charge is 0.493 e. The highest BCUT2D eigenvalue weighted by atomic mass is 127. The fourth-order valence-corrected chi connectivity index (χ4v) is 2.39. The van der Waals surface area contributed by atoms with Crippen LogP contribution in [-0.2, 0) is 20.1 Å². The van der Waals surface area contributed by atoms with Gasteiger partial charge < -0.3 is 15.4 Å². The molecule has 27 heavy (non-hydrogen) atoms. The van der Waals surface area contributed by atoms with Crippen LogP contribution in [0.1, 0.15) is 37.2 Å². The first-order valence-electron chi connectivity index (χ1n) is 8.99. The van der Waals surface area contributed by atoms with Gasteiger partial charge in [-0.05, 0) is 30.9 Å². The predicted octanol–water partition coefficient (Wildman–Crippen LogP) is 3.03. The van der Waals surface area contributed by atoms with Crippen LogP contribution in [-0.4, -0.2) is 34.4 Å². The average molecular weight is 486 g/mol. The molecule has 2 aromatic rings. The number of ether oxygens (including phenoxy) is 1. The summed E-state index contributed by atoms with van der Waals surface area (Å²) in [6.07, 6.45) is 2.59. The van der Waals surface area contributed by atoms with Crippen molar-refractivity contribution in [3.05, 3.63) is 41.5 Å². The van der Waals surface area contributed by atoms with Gasteiger partial charge in [-0.1, -0.05) is 26.0 Å². The van der Waals surface area contributed by atoms with Crippen molar-refractivity contribution in [1.82, 2.24) is 25.4 Å². The van der Waals surface area contributed by atoms with Gasteiger partial charge in [0.15, 0.2) is 5.96 Å². The lowest BCUT2D eigenvalue weighted by atomic mass is 10.1. The van der Waals surface area contributed by atoms with E-state index in [2.05, 4.69) is 64.7 Å². The molecule has 0 spiro atoms. The van der Waals surface area contributed by atoms with Crippen molar-refractivity contribution in [2.24, 2.45) is 18.0 Å². The van der Waals surface area contributed by atoms with Gasteiger partial charge in [0.1, 0.15) is 17.9 Å². The predicted molar refractivity (Wildman–Crippen MR) is 120 cm³/mol. The molecule has 0 fully saturated rings. The van der Waals surface area contributed by atoms with Crippen LogP contribution in [0, 0.1) is 12.8 Å². The van der Waals surface area contributed by atoms with Crippen molar-refractivity contribution >= 4 is 29.9 Å². The fraction of sp³-hybridized carbons (Fsp3) is 0.526. The van der Waals surface area contributed by atoms with Gasteiger partial charge in [-0.3, -0.25) is 9.67 Å². The van der Waals surface area contributed by atoms with E-state index < -0.39 is 0 Å². The number of rotatable bonds is 8. The van der Waals surface area contributed by atoms with Crippen LogP contribution in [0.4, 0.5) is 0 Å². The second-order valence-electron chi connectivity index (χ2n) is 6.72. The van der Waals surface area contributed by atoms with Crippen LogP contribution in [0.25, 0.3) is 0 Å². The number of nitrogens with one attached hydrogen (secondary N) is 2. The Morgan fingerprint density at radius 3 is 2.63 bits per heavy atom. The minimum absolute atomic E-state index is 0. The second-order valence-corrected chi connectivity index (χ2v) is 6.72. The molecule has 0 aliphatic rings. The topological polar surface area (TPSA) is 76.4 Å². The zero-order chi connectivity index (χ0) is 18.9. The lowest BCUT2D eigenvalue weighted by Gasteiger charge is -2.16. The molecule has 150 valence electrons. The number of guanidine groups is 1. The molecule has 8 heteroatoms. The summed E-state index contributed by atoms with van der Waals surface area (Å²) in [5.74, 6) is 3.12. The Labute approximate surface area is 179 Å². The normalized spacial score (nSPS) is 11.3. The summed E-state index contributed by atoms with van der Waals surface area (Å²) in [5.41, 5.74) is 2.30. The third-order valence-corrected chi connectivity index (χ3v) is 4.06. The molecule has 1 aromatic heterocycles. The molecule has 1 heterocycles. The molecule has 7 nitrogen and oxygen atoms in total. The number of aromatic nitrogens is 3. The first-order valence-corrected chi connectivity index (χ1v) is 8.99. The summed E-state index contributed by atoms with van der Waals surface area (Å²) in [6, 6.07) is 6.29. The Morgan fingerprint density at radius 2 is 2.00 bits per heavy atom. The average Bonchev–Trinajstić information content (AvgIpc) is 3.01. The first kappa shape index (κ1) is 23.2. The molecule has 2 rings (SSSR count). The lowest BCUT2D eigenvalue weighted by molar-refractivity contribution is 0.286. The van der Waals surface area contributed by atoms with Crippen LogP contribution in [0.2, 0.25) is 0 Å². The van der Waals surface area contributed by atoms with E-state index in [0.717, 1.165) is 30.2 Å². The summed E-state index contributed by atoms with van der Waals surface area (Å²) < 4.78 is 7.74. The molecule has 0 aliphatic heterocycles. The van der Waals surface area contributed by atoms with Crippen LogP contribution in [0.5, 0.6) is 5.75 Å². The van der Waals surface area contributed by atoms with Crippen molar-refractivity contribution < 1.29 is 4.74 Å². The quantitative estimate of drug-likeness (QED) is 0.341. The monoisotopic (exact) mass is 486 g/mol. The zero-order valence-corrected chi connectivity index (χ0v) is 19.2. The molecule has 0 amide bonds. The van der Waals surface area contributed by atoms with Gasteiger partial charge in [0.2, 0.25) is 0 Å². The van der Waals surface area contributed by atoms with Crippen LogP contribution >= 0.6 is 24.0 Å². The van der Waals surface area contributed by atoms with E-state index >= 15 is 0 Å². The molecule has 0 bridgehead atoms. The summed E-state index contributed by atoms with van der Waals surface area (Å²) in [6.45, 7) is 8.41. The van der Waals surface area contributed by atoms with Crippen LogP contribution in [0.15, 0.2) is 29.5 Å². The highest BCUT2D eigenvalue weighted by Gasteiger charge is 2.07. The van der Waals surface area contributed by atoms with Crippen molar-refractivity contribution in [3.63, 3.8) is 0 Å². The maximum Gasteiger partial charge on any atom is 0.191 e. The van der Waals surface area contributed by atoms with E-state index in [1.165, 1.54) is 5.56 Å². The van der Waals surface area contributed by atoms with E-state index in [0.29, 0.717) is 25.0 Å². The van der Waals surface area contributed by atoms with Gasteiger partial charge in [-0.2, -0.15) is 5.10 Å². The highest BCUT2D eigenvalue weighted by molar-refractivity contribution is 14.0. The van der Waals surface area contributed by atoms with Gasteiger partial charge in [0.05, 0.1) is 13.2 Å². The van der Waals surface area contributed by atoms with E-state index in [1.54, 1.807) is 18.1 Å². The molecular formula is C19H31IN6O. The fourth-order valence-electron chi connectivity index (χ4n) is 2.39. The molecule has 0 aliphatic carbocycles. The number of aliphatic imine (C=N–C) groups is 1. The lowest BCUT2D eigenvalue weighted by Crippen LogP contribution is -2.37. The Kier molecular flexibility index (Phi) is 10.1. The third kappa shape index (κ3) is 7.74. The summed E-state index contributed by atoms with van der Waals surface area (Å²) in [5, 5.41) is 10.6. The van der Waals surface area contributed by atoms with Crippen molar-refractivity contribution in [3.8, 4) is 5.75 Å². The highest BCUT2D eigenvalue weighted by Crippen LogP contribution is 2.21. The van der Waals surface area contributed by atoms with Gasteiger partial charge in [0.25, 0.3) is 0 Å². The smallest absolute Gasteiger partial charge is 0.191 e. The Balaban J connectivity index is 0.00000364. The van der Waals surface area contributed by atoms with Gasteiger partial charge in [-0.25, -0.2) is 4.98 Å². The van der Waals surface area contributed by atoms with Crippen LogP contribution < -0.4 is 15.4 Å². The molecule has 0 saturated carbocycles. The van der Waals surface area contributed by atoms with Gasteiger partial charge >= 0.3 is 0 Å². The molecule has 1 aromatic carbocycles. The molecule has 0 radical (unpaired) electrons. The maximum absolute atomic E-state index is 6.01. The van der Waals surface area contributed by atoms with Crippen molar-refractivity contribution in [2.45, 2.75) is 40.3 Å². The summed E-state index contributed by atoms with van der Waals surface area (Å²) in [7, 11) is 3.62. The number of nitrogens with zero attached hydrogens (tertiary/aromatic N) is 4. The van der Waals surface area contributed by atoms with E-state index in [4.69, 9.17) is 4.74 Å². The van der Waals surface area contributed by atoms with Crippen LogP contribution in [0.3, 0.4) is 0 Å². The number of hydrogen-bond donors (Lipinski definition) is 2. The van der Waals surface area contributed by atoms with E-state index in [1.807, 2.05) is 7.05 Å². The molecule has 2 N–H and O–H groups in total. The number of benzene rings is 1. The molecular weight excluding hydrogens is 455 g/mol. The number of hydrogen-bond acceptors (Lipinski definition) is 4.